The van der Waals surface area contributed by atoms with Gasteiger partial charge in [0.05, 0.1) is 0 Å². The van der Waals surface area contributed by atoms with Crippen molar-refractivity contribution in [1.82, 2.24) is 0 Å². The van der Waals surface area contributed by atoms with E-state index in [1.54, 1.807) is 18.2 Å². The fourth-order valence-corrected chi connectivity index (χ4v) is 3.58. The summed E-state index contributed by atoms with van der Waals surface area (Å²) in [6, 6.07) is 11.1. The fraction of sp³-hybridized carbons (Fsp3) is 0.158. The van der Waals surface area contributed by atoms with Crippen molar-refractivity contribution in [3.05, 3.63) is 65.2 Å². The van der Waals surface area contributed by atoms with Gasteiger partial charge in [-0.05, 0) is 45.8 Å². The Morgan fingerprint density at radius 3 is 2.41 bits per heavy atom. The minimum Gasteiger partial charge on any atom is -0.508 e. The van der Waals surface area contributed by atoms with Crippen LogP contribution in [0.5, 0.6) is 5.75 Å². The molecule has 0 unspecified atom stereocenters. The molecule has 3 aromatic carbocycles. The van der Waals surface area contributed by atoms with Crippen LogP contribution in [-0.2, 0) is 5.41 Å². The molecule has 3 aromatic rings. The number of rotatable bonds is 0. The van der Waals surface area contributed by atoms with Gasteiger partial charge in [-0.25, -0.2) is 8.78 Å². The Labute approximate surface area is 126 Å². The highest BCUT2D eigenvalue weighted by Crippen LogP contribution is 2.52. The van der Waals surface area contributed by atoms with E-state index < -0.39 is 11.6 Å². The first-order valence-electron chi connectivity index (χ1n) is 7.15. The zero-order chi connectivity index (χ0) is 15.6. The van der Waals surface area contributed by atoms with Crippen molar-refractivity contribution in [3.8, 4) is 16.9 Å². The van der Waals surface area contributed by atoms with E-state index in [9.17, 15) is 13.9 Å². The number of hydrogen-bond acceptors (Lipinski definition) is 1. The number of halogens is 2. The lowest BCUT2D eigenvalue weighted by Gasteiger charge is -2.21. The molecule has 1 N–H and O–H groups in total. The SMILES string of the molecule is CC1(C)c2cc(O)ccc2-c2c1ccc1c(F)cc(F)cc21. The van der Waals surface area contributed by atoms with Crippen LogP contribution in [0, 0.1) is 11.6 Å². The van der Waals surface area contributed by atoms with E-state index in [0.29, 0.717) is 10.8 Å². The van der Waals surface area contributed by atoms with Crippen LogP contribution in [-0.4, -0.2) is 5.11 Å². The predicted octanol–water partition coefficient (Wildman–Crippen LogP) is 5.13. The molecule has 0 aliphatic heterocycles. The topological polar surface area (TPSA) is 20.2 Å². The number of hydrogen-bond donors (Lipinski definition) is 1. The Kier molecular flexibility index (Phi) is 2.45. The Morgan fingerprint density at radius 2 is 1.64 bits per heavy atom. The lowest BCUT2D eigenvalue weighted by molar-refractivity contribution is 0.473. The minimum atomic E-state index is -0.580. The number of benzene rings is 3. The average Bonchev–Trinajstić information content (AvgIpc) is 2.67. The van der Waals surface area contributed by atoms with Gasteiger partial charge in [0.15, 0.2) is 0 Å². The molecule has 0 saturated heterocycles. The first-order valence-corrected chi connectivity index (χ1v) is 7.15. The zero-order valence-corrected chi connectivity index (χ0v) is 12.2. The maximum Gasteiger partial charge on any atom is 0.133 e. The molecule has 4 rings (SSSR count). The lowest BCUT2D eigenvalue weighted by atomic mass is 9.82. The van der Waals surface area contributed by atoms with Crippen LogP contribution in [0.1, 0.15) is 25.0 Å². The van der Waals surface area contributed by atoms with Gasteiger partial charge in [-0.2, -0.15) is 0 Å². The predicted molar refractivity (Wildman–Crippen MR) is 83.1 cm³/mol. The lowest BCUT2D eigenvalue weighted by Crippen LogP contribution is -2.14. The largest absolute Gasteiger partial charge is 0.508 e. The Hall–Kier alpha value is -2.42. The van der Waals surface area contributed by atoms with Crippen LogP contribution in [0.4, 0.5) is 8.78 Å². The van der Waals surface area contributed by atoms with Gasteiger partial charge in [0, 0.05) is 16.9 Å². The summed E-state index contributed by atoms with van der Waals surface area (Å²) < 4.78 is 27.8. The van der Waals surface area contributed by atoms with Crippen molar-refractivity contribution in [3.63, 3.8) is 0 Å². The molecule has 0 atom stereocenters. The van der Waals surface area contributed by atoms with Crippen LogP contribution in [0.3, 0.4) is 0 Å². The van der Waals surface area contributed by atoms with Crippen molar-refractivity contribution in [1.29, 1.82) is 0 Å². The molecule has 0 aromatic heterocycles. The van der Waals surface area contributed by atoms with Gasteiger partial charge in [0.1, 0.15) is 17.4 Å². The molecule has 0 radical (unpaired) electrons. The second kappa shape index (κ2) is 4.07. The monoisotopic (exact) mass is 296 g/mol. The molecule has 0 fully saturated rings. The summed E-state index contributed by atoms with van der Waals surface area (Å²) in [6.45, 7) is 4.11. The summed E-state index contributed by atoms with van der Waals surface area (Å²) in [7, 11) is 0. The van der Waals surface area contributed by atoms with Gasteiger partial charge in [-0.15, -0.1) is 0 Å². The molecule has 1 nitrogen and oxygen atoms in total. The van der Waals surface area contributed by atoms with Gasteiger partial charge in [-0.1, -0.05) is 32.0 Å². The molecule has 0 spiro atoms. The molecule has 3 heteroatoms. The first-order chi connectivity index (χ1) is 10.4. The number of phenolic OH excluding ortho intramolecular Hbond substituents is 1. The van der Waals surface area contributed by atoms with E-state index >= 15 is 0 Å². The van der Waals surface area contributed by atoms with Crippen LogP contribution >= 0.6 is 0 Å². The number of aromatic hydroxyl groups is 1. The van der Waals surface area contributed by atoms with Gasteiger partial charge in [-0.3, -0.25) is 0 Å². The molecule has 0 saturated carbocycles. The van der Waals surface area contributed by atoms with Gasteiger partial charge in [0.2, 0.25) is 0 Å². The summed E-state index contributed by atoms with van der Waals surface area (Å²) in [4.78, 5) is 0. The van der Waals surface area contributed by atoms with Crippen molar-refractivity contribution >= 4 is 10.8 Å². The normalized spacial score (nSPS) is 14.9. The molecule has 22 heavy (non-hydrogen) atoms. The third-order valence-electron chi connectivity index (χ3n) is 4.67. The Balaban J connectivity index is 2.21. The van der Waals surface area contributed by atoms with Crippen LogP contribution in [0.2, 0.25) is 0 Å². The van der Waals surface area contributed by atoms with E-state index in [0.717, 1.165) is 28.3 Å². The zero-order valence-electron chi connectivity index (χ0n) is 12.2. The van der Waals surface area contributed by atoms with Gasteiger partial charge < -0.3 is 5.11 Å². The molecule has 0 heterocycles. The Morgan fingerprint density at radius 1 is 0.864 bits per heavy atom. The number of fused-ring (bicyclic) bond motifs is 5. The van der Waals surface area contributed by atoms with Crippen molar-refractivity contribution in [2.24, 2.45) is 0 Å². The van der Waals surface area contributed by atoms with E-state index in [-0.39, 0.29) is 11.2 Å². The van der Waals surface area contributed by atoms with Gasteiger partial charge in [0.25, 0.3) is 0 Å². The molecule has 1 aliphatic carbocycles. The summed E-state index contributed by atoms with van der Waals surface area (Å²) in [5, 5.41) is 10.8. The summed E-state index contributed by atoms with van der Waals surface area (Å²) >= 11 is 0. The highest BCUT2D eigenvalue weighted by molar-refractivity contribution is 6.02. The third-order valence-corrected chi connectivity index (χ3v) is 4.67. The van der Waals surface area contributed by atoms with Gasteiger partial charge >= 0.3 is 0 Å². The minimum absolute atomic E-state index is 0.196. The highest BCUT2D eigenvalue weighted by Gasteiger charge is 2.36. The van der Waals surface area contributed by atoms with Crippen LogP contribution in [0.25, 0.3) is 21.9 Å². The van der Waals surface area contributed by atoms with Crippen molar-refractivity contribution in [2.45, 2.75) is 19.3 Å². The maximum absolute atomic E-state index is 14.1. The summed E-state index contributed by atoms with van der Waals surface area (Å²) in [5.41, 5.74) is 3.45. The first kappa shape index (κ1) is 13.3. The van der Waals surface area contributed by atoms with Crippen LogP contribution < -0.4 is 0 Å². The van der Waals surface area contributed by atoms with Crippen LogP contribution in [0.15, 0.2) is 42.5 Å². The van der Waals surface area contributed by atoms with E-state index in [1.807, 2.05) is 12.1 Å². The summed E-state index contributed by atoms with van der Waals surface area (Å²) in [5.74, 6) is -0.937. The average molecular weight is 296 g/mol. The number of phenols is 1. The Bertz CT molecular complexity index is 942. The molecule has 0 amide bonds. The molecule has 0 bridgehead atoms. The van der Waals surface area contributed by atoms with Crippen molar-refractivity contribution in [2.75, 3.05) is 0 Å². The molecular formula is C19H14F2O. The molecule has 110 valence electrons. The molecule has 1 aliphatic rings. The standard InChI is InChI=1S/C19H14F2O/c1-19(2)15-6-5-12-14(7-10(20)8-17(12)21)18(15)13-4-3-11(22)9-16(13)19/h3-9,22H,1-2H3. The van der Waals surface area contributed by atoms with E-state index in [2.05, 4.69) is 13.8 Å². The highest BCUT2D eigenvalue weighted by atomic mass is 19.1. The second-order valence-electron chi connectivity index (χ2n) is 6.33. The third kappa shape index (κ3) is 1.56. The second-order valence-corrected chi connectivity index (χ2v) is 6.33. The fourth-order valence-electron chi connectivity index (χ4n) is 3.58. The summed E-state index contributed by atoms with van der Waals surface area (Å²) in [6.07, 6.45) is 0. The van der Waals surface area contributed by atoms with E-state index in [4.69, 9.17) is 0 Å². The maximum atomic E-state index is 14.1. The smallest absolute Gasteiger partial charge is 0.133 e. The molecular weight excluding hydrogens is 282 g/mol. The van der Waals surface area contributed by atoms with E-state index in [1.165, 1.54) is 6.07 Å². The quantitative estimate of drug-likeness (QED) is 0.609. The van der Waals surface area contributed by atoms with Crippen molar-refractivity contribution < 1.29 is 13.9 Å².